The number of hydrogen-bond acceptors (Lipinski definition) is 6. The van der Waals surface area contributed by atoms with E-state index in [2.05, 4.69) is 228 Å². The second-order valence-corrected chi connectivity index (χ2v) is 19.4. The lowest BCUT2D eigenvalue weighted by molar-refractivity contribution is 0.391. The van der Waals surface area contributed by atoms with Crippen LogP contribution in [0.5, 0.6) is 11.8 Å². The fraction of sp³-hybridized carbons (Fsp3) is 0.233. The first kappa shape index (κ1) is 50.0. The zero-order valence-electron chi connectivity index (χ0n) is 40.1. The Morgan fingerprint density at radius 3 is 1.40 bits per heavy atom. The van der Waals surface area contributed by atoms with Crippen LogP contribution in [0, 0.1) is 0 Å². The minimum Gasteiger partial charge on any atom is -0.481 e. The van der Waals surface area contributed by atoms with Gasteiger partial charge < -0.3 is 19.3 Å². The Labute approximate surface area is 420 Å². The Hall–Kier alpha value is -5.90. The van der Waals surface area contributed by atoms with E-state index in [0.717, 1.165) is 80.7 Å². The predicted octanol–water partition coefficient (Wildman–Crippen LogP) is 14.5. The number of fused-ring (bicyclic) bond motifs is 2. The second kappa shape index (κ2) is 24.9. The third-order valence-corrected chi connectivity index (χ3v) is 13.1. The van der Waals surface area contributed by atoms with Gasteiger partial charge >= 0.3 is 0 Å². The molecular weight excluding hydrogens is 968 g/mol. The standard InChI is InChI=1S/2C30H31BrN2O/c2*1-33(2)19-18-24(15-14-22-10-6-4-7-11-22)29(23-12-8-5-9-13-23)27-21-25-20-26(31)16-17-28(25)32-30(27)34-3/h4-13,16-18,20-21,29H,14-15,19H2,1-3H3;4-13,15-17,20-21,29H,14,18-19H2,1-3H3/b24-18+;24-15+. The number of aryl methyl sites for hydroxylation is 1. The summed E-state index contributed by atoms with van der Waals surface area (Å²) in [5, 5.41) is 2.20. The molecule has 6 aromatic carbocycles. The van der Waals surface area contributed by atoms with E-state index in [1.165, 1.54) is 33.4 Å². The number of aromatic nitrogens is 2. The minimum absolute atomic E-state index is 0.0516. The molecule has 8 rings (SSSR count). The third-order valence-electron chi connectivity index (χ3n) is 12.1. The first-order chi connectivity index (χ1) is 33.1. The number of methoxy groups -OCH3 is 2. The summed E-state index contributed by atoms with van der Waals surface area (Å²) in [6.07, 6.45) is 8.57. The fourth-order valence-electron chi connectivity index (χ4n) is 8.69. The van der Waals surface area contributed by atoms with Crippen LogP contribution in [-0.2, 0) is 12.8 Å². The van der Waals surface area contributed by atoms with Gasteiger partial charge in [0.2, 0.25) is 11.8 Å². The summed E-state index contributed by atoms with van der Waals surface area (Å²) in [6, 6.07) is 59.6. The number of ether oxygens (including phenoxy) is 2. The van der Waals surface area contributed by atoms with Gasteiger partial charge in [0, 0.05) is 55.8 Å². The number of nitrogens with zero attached hydrogens (tertiary/aromatic N) is 4. The number of benzene rings is 6. The van der Waals surface area contributed by atoms with Crippen molar-refractivity contribution in [1.82, 2.24) is 19.8 Å². The molecule has 0 N–H and O–H groups in total. The molecule has 68 heavy (non-hydrogen) atoms. The third kappa shape index (κ3) is 13.6. The van der Waals surface area contributed by atoms with E-state index >= 15 is 0 Å². The van der Waals surface area contributed by atoms with Gasteiger partial charge in [-0.1, -0.05) is 176 Å². The molecule has 0 aliphatic rings. The van der Waals surface area contributed by atoms with E-state index in [4.69, 9.17) is 19.4 Å². The van der Waals surface area contributed by atoms with Crippen molar-refractivity contribution in [3.63, 3.8) is 0 Å². The molecule has 0 aliphatic carbocycles. The minimum atomic E-state index is 0.0516. The molecule has 0 amide bonds. The average Bonchev–Trinajstić information content (AvgIpc) is 3.36. The summed E-state index contributed by atoms with van der Waals surface area (Å²) >= 11 is 7.24. The molecule has 0 bridgehead atoms. The lowest BCUT2D eigenvalue weighted by Gasteiger charge is -2.25. The van der Waals surface area contributed by atoms with Crippen molar-refractivity contribution in [2.75, 3.05) is 55.5 Å². The predicted molar refractivity (Wildman–Crippen MR) is 291 cm³/mol. The maximum absolute atomic E-state index is 5.86. The number of rotatable bonds is 18. The quantitative estimate of drug-likeness (QED) is 0.0798. The van der Waals surface area contributed by atoms with Crippen molar-refractivity contribution in [3.8, 4) is 11.8 Å². The van der Waals surface area contributed by atoms with Crippen LogP contribution in [0.25, 0.3) is 21.8 Å². The van der Waals surface area contributed by atoms with E-state index in [9.17, 15) is 0 Å². The molecule has 2 unspecified atom stereocenters. The molecule has 8 aromatic rings. The van der Waals surface area contributed by atoms with Gasteiger partial charge in [0.25, 0.3) is 0 Å². The number of hydrogen-bond donors (Lipinski definition) is 0. The molecule has 2 atom stereocenters. The Balaban J connectivity index is 0.000000201. The van der Waals surface area contributed by atoms with Crippen molar-refractivity contribution in [2.45, 2.75) is 37.5 Å². The molecule has 0 saturated carbocycles. The molecule has 0 saturated heterocycles. The monoisotopic (exact) mass is 1030 g/mol. The Bertz CT molecular complexity index is 2910. The summed E-state index contributed by atoms with van der Waals surface area (Å²) < 4.78 is 13.8. The van der Waals surface area contributed by atoms with Crippen molar-refractivity contribution >= 4 is 53.7 Å². The van der Waals surface area contributed by atoms with Gasteiger partial charge in [0.05, 0.1) is 25.3 Å². The highest BCUT2D eigenvalue weighted by Crippen LogP contribution is 2.42. The maximum Gasteiger partial charge on any atom is 0.217 e. The largest absolute Gasteiger partial charge is 0.481 e. The summed E-state index contributed by atoms with van der Waals surface area (Å²) in [5.41, 5.74) is 11.9. The topological polar surface area (TPSA) is 50.7 Å². The van der Waals surface area contributed by atoms with Crippen LogP contribution < -0.4 is 9.47 Å². The number of pyridine rings is 2. The van der Waals surface area contributed by atoms with Crippen LogP contribution >= 0.6 is 31.9 Å². The highest BCUT2D eigenvalue weighted by molar-refractivity contribution is 9.10. The highest BCUT2D eigenvalue weighted by atomic mass is 79.9. The summed E-state index contributed by atoms with van der Waals surface area (Å²) in [5.74, 6) is 1.46. The van der Waals surface area contributed by atoms with Gasteiger partial charge in [-0.15, -0.1) is 0 Å². The maximum atomic E-state index is 5.86. The van der Waals surface area contributed by atoms with Crippen molar-refractivity contribution in [2.24, 2.45) is 0 Å². The summed E-state index contributed by atoms with van der Waals surface area (Å²) in [6.45, 7) is 1.85. The molecule has 348 valence electrons. The van der Waals surface area contributed by atoms with Gasteiger partial charge in [-0.3, -0.25) is 0 Å². The van der Waals surface area contributed by atoms with Crippen molar-refractivity contribution < 1.29 is 9.47 Å². The number of halogens is 2. The van der Waals surface area contributed by atoms with Crippen LogP contribution in [0.1, 0.15) is 58.1 Å². The Morgan fingerprint density at radius 1 is 0.515 bits per heavy atom. The van der Waals surface area contributed by atoms with E-state index < -0.39 is 0 Å². The number of allylic oxidation sites excluding steroid dienone is 2. The lowest BCUT2D eigenvalue weighted by Crippen LogP contribution is -2.17. The Kier molecular flexibility index (Phi) is 18.3. The van der Waals surface area contributed by atoms with Crippen LogP contribution in [0.4, 0.5) is 0 Å². The first-order valence-corrected chi connectivity index (χ1v) is 24.8. The zero-order valence-corrected chi connectivity index (χ0v) is 43.3. The zero-order chi connectivity index (χ0) is 47.8. The summed E-state index contributed by atoms with van der Waals surface area (Å²) in [7, 11) is 11.9. The molecule has 2 heterocycles. The van der Waals surface area contributed by atoms with E-state index in [1.807, 2.05) is 24.3 Å². The van der Waals surface area contributed by atoms with Crippen LogP contribution in [0.3, 0.4) is 0 Å². The molecule has 6 nitrogen and oxygen atoms in total. The number of likely N-dealkylation sites (N-methyl/N-ethyl adjacent to an activating group) is 1. The second-order valence-electron chi connectivity index (χ2n) is 17.6. The van der Waals surface area contributed by atoms with E-state index in [0.29, 0.717) is 11.8 Å². The van der Waals surface area contributed by atoms with Gasteiger partial charge in [0.15, 0.2) is 0 Å². The van der Waals surface area contributed by atoms with Crippen molar-refractivity contribution in [3.05, 3.63) is 235 Å². The molecule has 0 radical (unpaired) electrons. The molecule has 0 fully saturated rings. The van der Waals surface area contributed by atoms with E-state index in [1.54, 1.807) is 14.2 Å². The van der Waals surface area contributed by atoms with Gasteiger partial charge in [-0.2, -0.15) is 0 Å². The van der Waals surface area contributed by atoms with Gasteiger partial charge in [0.1, 0.15) is 0 Å². The average molecular weight is 1030 g/mol. The van der Waals surface area contributed by atoms with Crippen LogP contribution in [0.2, 0.25) is 0 Å². The SMILES string of the molecule is COc1nc2ccc(Br)cc2cc1C(/C(=C/CN(C)C)CCc1ccccc1)c1ccccc1.COc1nc2ccc(Br)cc2cc1C(/C(=C/Cc1ccccc1)CCN(C)C)c1ccccc1. The summed E-state index contributed by atoms with van der Waals surface area (Å²) in [4.78, 5) is 14.2. The molecule has 0 aliphatic heterocycles. The molecule has 0 spiro atoms. The fourth-order valence-corrected chi connectivity index (χ4v) is 9.45. The smallest absolute Gasteiger partial charge is 0.217 e. The lowest BCUT2D eigenvalue weighted by atomic mass is 9.82. The molecule has 8 heteroatoms. The normalized spacial score (nSPS) is 12.8. The van der Waals surface area contributed by atoms with Gasteiger partial charge in [-0.05, 0) is 125 Å². The van der Waals surface area contributed by atoms with Crippen LogP contribution in [-0.4, -0.2) is 75.3 Å². The van der Waals surface area contributed by atoms with Crippen LogP contribution in [0.15, 0.2) is 202 Å². The molecule has 2 aromatic heterocycles. The van der Waals surface area contributed by atoms with Crippen molar-refractivity contribution in [1.29, 1.82) is 0 Å². The first-order valence-electron chi connectivity index (χ1n) is 23.2. The highest BCUT2D eigenvalue weighted by Gasteiger charge is 2.26. The van der Waals surface area contributed by atoms with Gasteiger partial charge in [-0.25, -0.2) is 9.97 Å². The molecular formula is C60H62Br2N4O2. The van der Waals surface area contributed by atoms with E-state index in [-0.39, 0.29) is 11.8 Å². The Morgan fingerprint density at radius 2 is 0.956 bits per heavy atom.